The van der Waals surface area contributed by atoms with Gasteiger partial charge in [0.25, 0.3) is 21.8 Å². The van der Waals surface area contributed by atoms with Crippen molar-refractivity contribution in [2.75, 3.05) is 26.3 Å². The average molecular weight is 531 g/mol. The second kappa shape index (κ2) is 12.7. The fourth-order valence-corrected chi connectivity index (χ4v) is 4.78. The van der Waals surface area contributed by atoms with E-state index in [1.165, 1.54) is 36.4 Å². The first-order valence-corrected chi connectivity index (χ1v) is 13.3. The summed E-state index contributed by atoms with van der Waals surface area (Å²) in [5.74, 6) is -1.99. The van der Waals surface area contributed by atoms with E-state index in [0.717, 1.165) is 12.2 Å². The van der Waals surface area contributed by atoms with Crippen molar-refractivity contribution in [2.24, 2.45) is 10.3 Å². The predicted molar refractivity (Wildman–Crippen MR) is 143 cm³/mol. The summed E-state index contributed by atoms with van der Waals surface area (Å²) in [7, 11) is -4.53. The van der Waals surface area contributed by atoms with Crippen LogP contribution in [0.5, 0.6) is 0 Å². The summed E-state index contributed by atoms with van der Waals surface area (Å²) in [6, 6.07) is 23.3. The average Bonchev–Trinajstić information content (AvgIpc) is 2.96. The summed E-state index contributed by atoms with van der Waals surface area (Å²) in [5, 5.41) is 10.0. The molecule has 3 aromatic rings. The van der Waals surface area contributed by atoms with Gasteiger partial charge in [-0.25, -0.2) is 8.42 Å². The molecule has 1 aliphatic rings. The summed E-state index contributed by atoms with van der Waals surface area (Å²) in [4.78, 5) is 25.9. The summed E-state index contributed by atoms with van der Waals surface area (Å²) < 4.78 is 32.5. The third-order valence-corrected chi connectivity index (χ3v) is 7.19. The van der Waals surface area contributed by atoms with Crippen molar-refractivity contribution >= 4 is 39.7 Å². The first-order valence-electron chi connectivity index (χ1n) is 11.9. The van der Waals surface area contributed by atoms with Gasteiger partial charge in [-0.05, 0) is 47.5 Å². The van der Waals surface area contributed by atoms with Gasteiger partial charge in [-0.3, -0.25) is 14.6 Å². The van der Waals surface area contributed by atoms with Gasteiger partial charge < -0.3 is 4.74 Å². The van der Waals surface area contributed by atoms with Crippen LogP contribution in [0, 0.1) is 0 Å². The van der Waals surface area contributed by atoms with Crippen molar-refractivity contribution in [1.29, 1.82) is 0 Å². The maximum absolute atomic E-state index is 13.5. The number of amides is 2. The molecule has 4 rings (SSSR count). The Kier molecular flexibility index (Phi) is 8.91. The van der Waals surface area contributed by atoms with Crippen LogP contribution >= 0.6 is 0 Å². The molecule has 0 radical (unpaired) electrons. The summed E-state index contributed by atoms with van der Waals surface area (Å²) in [6.07, 6.45) is 5.03. The van der Waals surface area contributed by atoms with Crippen molar-refractivity contribution < 1.29 is 22.7 Å². The highest BCUT2D eigenvalue weighted by atomic mass is 32.2. The third kappa shape index (κ3) is 7.09. The molecule has 0 spiro atoms. The predicted octanol–water partition coefficient (Wildman–Crippen LogP) is 4.49. The van der Waals surface area contributed by atoms with Crippen LogP contribution in [0.4, 0.5) is 5.69 Å². The standard InChI is InChI=1S/C28H26N4O5S/c33-27(17-11-23-7-3-1-4-8-23)32(28(34)18-12-24-9-5-2-6-10-24)38(35,36)26-15-13-25(14-16-26)29-30-31-19-21-37-22-20-31/h1-18H,19-22H2/b17-11+,18-12+,30-29?. The van der Waals surface area contributed by atoms with Gasteiger partial charge >= 0.3 is 0 Å². The second-order valence-corrected chi connectivity index (χ2v) is 9.97. The molecule has 2 amide bonds. The number of sulfonamides is 1. The van der Waals surface area contributed by atoms with Crippen molar-refractivity contribution in [2.45, 2.75) is 4.90 Å². The van der Waals surface area contributed by atoms with Crippen LogP contribution in [0.2, 0.25) is 0 Å². The van der Waals surface area contributed by atoms with Gasteiger partial charge in [0.2, 0.25) is 0 Å². The zero-order chi connectivity index (χ0) is 26.8. The Bertz CT molecular complexity index is 1370. The number of ether oxygens (including phenoxy) is 1. The topological polar surface area (TPSA) is 109 Å². The van der Waals surface area contributed by atoms with E-state index in [4.69, 9.17) is 4.74 Å². The van der Waals surface area contributed by atoms with E-state index < -0.39 is 21.8 Å². The van der Waals surface area contributed by atoms with Crippen molar-refractivity contribution in [3.8, 4) is 0 Å². The molecule has 0 saturated carbocycles. The van der Waals surface area contributed by atoms with E-state index >= 15 is 0 Å². The molecular weight excluding hydrogens is 504 g/mol. The van der Waals surface area contributed by atoms with E-state index in [-0.39, 0.29) is 9.20 Å². The second-order valence-electron chi connectivity index (χ2n) is 8.18. The number of imide groups is 1. The lowest BCUT2D eigenvalue weighted by molar-refractivity contribution is -0.132. The fourth-order valence-electron chi connectivity index (χ4n) is 3.49. The Hall–Kier alpha value is -4.41. The number of rotatable bonds is 8. The first kappa shape index (κ1) is 26.6. The summed E-state index contributed by atoms with van der Waals surface area (Å²) in [6.45, 7) is 2.35. The Morgan fingerprint density at radius 2 is 1.26 bits per heavy atom. The molecule has 0 unspecified atom stereocenters. The van der Waals surface area contributed by atoms with Crippen molar-refractivity contribution in [3.05, 3.63) is 108 Å². The summed E-state index contributed by atoms with van der Waals surface area (Å²) in [5.41, 5.74) is 1.79. The molecule has 1 aliphatic heterocycles. The number of nitrogens with zero attached hydrogens (tertiary/aromatic N) is 4. The van der Waals surface area contributed by atoms with Crippen LogP contribution in [0.3, 0.4) is 0 Å². The van der Waals surface area contributed by atoms with Gasteiger partial charge in [-0.2, -0.15) is 4.31 Å². The first-order chi connectivity index (χ1) is 18.4. The van der Waals surface area contributed by atoms with Gasteiger partial charge in [0.1, 0.15) is 0 Å². The molecule has 3 aromatic carbocycles. The Morgan fingerprint density at radius 1 is 0.763 bits per heavy atom. The molecule has 10 heteroatoms. The number of hydrogen-bond donors (Lipinski definition) is 0. The fraction of sp³-hybridized carbons (Fsp3) is 0.143. The molecule has 0 aliphatic carbocycles. The Labute approximate surface area is 221 Å². The largest absolute Gasteiger partial charge is 0.378 e. The van der Waals surface area contributed by atoms with Crippen LogP contribution in [0.25, 0.3) is 12.2 Å². The van der Waals surface area contributed by atoms with Gasteiger partial charge in [-0.1, -0.05) is 65.9 Å². The maximum atomic E-state index is 13.5. The van der Waals surface area contributed by atoms with Gasteiger partial charge in [0, 0.05) is 12.2 Å². The zero-order valence-corrected chi connectivity index (χ0v) is 21.3. The molecule has 0 aromatic heterocycles. The number of carbonyl (C=O) groups excluding carboxylic acids is 2. The van der Waals surface area contributed by atoms with E-state index in [1.54, 1.807) is 53.5 Å². The van der Waals surface area contributed by atoms with Crippen LogP contribution in [-0.4, -0.2) is 55.8 Å². The number of morpholine rings is 1. The highest BCUT2D eigenvalue weighted by Gasteiger charge is 2.33. The van der Waals surface area contributed by atoms with Crippen LogP contribution < -0.4 is 0 Å². The molecule has 1 fully saturated rings. The molecule has 194 valence electrons. The number of carbonyl (C=O) groups is 2. The third-order valence-electron chi connectivity index (χ3n) is 5.49. The van der Waals surface area contributed by atoms with Crippen LogP contribution in [-0.2, 0) is 24.3 Å². The minimum absolute atomic E-state index is 0.231. The highest BCUT2D eigenvalue weighted by molar-refractivity contribution is 7.90. The lowest BCUT2D eigenvalue weighted by Crippen LogP contribution is -2.39. The lowest BCUT2D eigenvalue weighted by Gasteiger charge is -2.22. The molecule has 38 heavy (non-hydrogen) atoms. The van der Waals surface area contributed by atoms with E-state index in [9.17, 15) is 18.0 Å². The monoisotopic (exact) mass is 530 g/mol. The normalized spacial score (nSPS) is 14.4. The van der Waals surface area contributed by atoms with Crippen LogP contribution in [0.1, 0.15) is 11.1 Å². The van der Waals surface area contributed by atoms with Gasteiger partial charge in [0.15, 0.2) is 0 Å². The van der Waals surface area contributed by atoms with Crippen molar-refractivity contribution in [3.63, 3.8) is 0 Å². The minimum Gasteiger partial charge on any atom is -0.378 e. The number of hydrogen-bond acceptors (Lipinski definition) is 7. The molecule has 0 N–H and O–H groups in total. The summed E-state index contributed by atoms with van der Waals surface area (Å²) >= 11 is 0. The SMILES string of the molecule is O=C(/C=C/c1ccccc1)N(C(=O)/C=C/c1ccccc1)S(=O)(=O)c1ccc(N=NN2CCOCC2)cc1. The molecule has 9 nitrogen and oxygen atoms in total. The van der Waals surface area contributed by atoms with Gasteiger partial charge in [0.05, 0.1) is 36.9 Å². The minimum atomic E-state index is -4.53. The number of benzene rings is 3. The highest BCUT2D eigenvalue weighted by Crippen LogP contribution is 2.22. The maximum Gasteiger partial charge on any atom is 0.273 e. The Balaban J connectivity index is 1.59. The smallest absolute Gasteiger partial charge is 0.273 e. The van der Waals surface area contributed by atoms with Crippen LogP contribution in [0.15, 0.2) is 112 Å². The lowest BCUT2D eigenvalue weighted by atomic mass is 10.2. The van der Waals surface area contributed by atoms with E-state index in [0.29, 0.717) is 43.1 Å². The molecule has 1 saturated heterocycles. The van der Waals surface area contributed by atoms with E-state index in [1.807, 2.05) is 12.1 Å². The molecular formula is C28H26N4O5S. The molecule has 1 heterocycles. The quantitative estimate of drug-likeness (QED) is 0.314. The molecule has 0 atom stereocenters. The molecule has 0 bridgehead atoms. The van der Waals surface area contributed by atoms with Crippen molar-refractivity contribution in [1.82, 2.24) is 9.31 Å². The zero-order valence-electron chi connectivity index (χ0n) is 20.5. The van der Waals surface area contributed by atoms with Gasteiger partial charge in [-0.15, -0.1) is 5.11 Å². The van der Waals surface area contributed by atoms with E-state index in [2.05, 4.69) is 10.3 Å². The Morgan fingerprint density at radius 3 is 1.76 bits per heavy atom.